The number of rotatable bonds is 7. The highest BCUT2D eigenvalue weighted by Gasteiger charge is 2.25. The zero-order valence-electron chi connectivity index (χ0n) is 8.77. The Bertz CT molecular complexity index is 196. The zero-order chi connectivity index (χ0) is 11.1. The molecule has 0 aromatic carbocycles. The van der Waals surface area contributed by atoms with E-state index in [4.69, 9.17) is 5.11 Å². The molecule has 0 aliphatic carbocycles. The standard InChI is InChI=1S/C9H17NO3S/c1-7(2)10(6-11)8(9(12)13)4-5-14-3/h6-8H,4-5H2,1-3H3,(H,12,13). The van der Waals surface area contributed by atoms with Gasteiger partial charge in [0.25, 0.3) is 0 Å². The number of thioether (sulfide) groups is 1. The average molecular weight is 219 g/mol. The van der Waals surface area contributed by atoms with Crippen LogP contribution < -0.4 is 0 Å². The predicted octanol–water partition coefficient (Wildman–Crippen LogP) is 1.06. The molecule has 5 heteroatoms. The lowest BCUT2D eigenvalue weighted by Crippen LogP contribution is -2.44. The summed E-state index contributed by atoms with van der Waals surface area (Å²) in [7, 11) is 0. The van der Waals surface area contributed by atoms with Crippen LogP contribution in [0.2, 0.25) is 0 Å². The van der Waals surface area contributed by atoms with Gasteiger partial charge in [-0.3, -0.25) is 4.79 Å². The van der Waals surface area contributed by atoms with Crippen LogP contribution in [0.1, 0.15) is 20.3 Å². The van der Waals surface area contributed by atoms with Crippen molar-refractivity contribution in [2.24, 2.45) is 0 Å². The van der Waals surface area contributed by atoms with Gasteiger partial charge in [0.05, 0.1) is 0 Å². The van der Waals surface area contributed by atoms with E-state index in [2.05, 4.69) is 0 Å². The minimum atomic E-state index is -0.931. The van der Waals surface area contributed by atoms with Crippen LogP contribution in [0, 0.1) is 0 Å². The fraction of sp³-hybridized carbons (Fsp3) is 0.778. The average Bonchev–Trinajstić information content (AvgIpc) is 2.10. The van der Waals surface area contributed by atoms with Crippen molar-refractivity contribution in [2.45, 2.75) is 32.4 Å². The van der Waals surface area contributed by atoms with Gasteiger partial charge in [-0.2, -0.15) is 11.8 Å². The number of carbonyl (C=O) groups is 2. The number of hydrogen-bond acceptors (Lipinski definition) is 3. The normalized spacial score (nSPS) is 12.6. The van der Waals surface area contributed by atoms with Gasteiger partial charge in [-0.25, -0.2) is 4.79 Å². The van der Waals surface area contributed by atoms with Crippen LogP contribution in [0.4, 0.5) is 0 Å². The van der Waals surface area contributed by atoms with Crippen molar-refractivity contribution in [3.63, 3.8) is 0 Å². The topological polar surface area (TPSA) is 57.6 Å². The fourth-order valence-corrected chi connectivity index (χ4v) is 1.64. The van der Waals surface area contributed by atoms with Gasteiger partial charge in [0, 0.05) is 6.04 Å². The monoisotopic (exact) mass is 219 g/mol. The van der Waals surface area contributed by atoms with E-state index in [1.54, 1.807) is 11.8 Å². The Labute approximate surface area is 88.7 Å². The third-order valence-electron chi connectivity index (χ3n) is 1.96. The summed E-state index contributed by atoms with van der Waals surface area (Å²) in [6, 6.07) is -0.768. The summed E-state index contributed by atoms with van der Waals surface area (Å²) < 4.78 is 0. The lowest BCUT2D eigenvalue weighted by Gasteiger charge is -2.28. The van der Waals surface area contributed by atoms with Gasteiger partial charge in [0.1, 0.15) is 6.04 Å². The highest BCUT2D eigenvalue weighted by molar-refractivity contribution is 7.98. The molecule has 1 unspecified atom stereocenters. The number of amides is 1. The van der Waals surface area contributed by atoms with Gasteiger partial charge in [-0.15, -0.1) is 0 Å². The van der Waals surface area contributed by atoms with E-state index in [0.29, 0.717) is 12.8 Å². The first kappa shape index (κ1) is 13.3. The van der Waals surface area contributed by atoms with Crippen molar-refractivity contribution in [1.29, 1.82) is 0 Å². The van der Waals surface area contributed by atoms with Crippen LogP contribution in [0.3, 0.4) is 0 Å². The van der Waals surface area contributed by atoms with Gasteiger partial charge < -0.3 is 10.0 Å². The van der Waals surface area contributed by atoms with Gasteiger partial charge in [0.2, 0.25) is 6.41 Å². The first-order chi connectivity index (χ1) is 6.54. The minimum absolute atomic E-state index is 0.0737. The molecule has 0 saturated heterocycles. The van der Waals surface area contributed by atoms with Gasteiger partial charge in [-0.05, 0) is 32.3 Å². The highest BCUT2D eigenvalue weighted by Crippen LogP contribution is 2.10. The number of hydrogen-bond donors (Lipinski definition) is 1. The Morgan fingerprint density at radius 1 is 1.57 bits per heavy atom. The SMILES string of the molecule is CSCCC(C(=O)O)N(C=O)C(C)C. The summed E-state index contributed by atoms with van der Waals surface area (Å²) in [5, 5.41) is 8.94. The molecule has 0 fully saturated rings. The molecule has 1 amide bonds. The largest absolute Gasteiger partial charge is 0.480 e. The molecule has 0 saturated carbocycles. The van der Waals surface area contributed by atoms with E-state index < -0.39 is 12.0 Å². The summed E-state index contributed by atoms with van der Waals surface area (Å²) >= 11 is 1.58. The molecule has 1 N–H and O–H groups in total. The van der Waals surface area contributed by atoms with Crippen molar-refractivity contribution in [3.05, 3.63) is 0 Å². The Balaban J connectivity index is 4.43. The molecule has 0 bridgehead atoms. The van der Waals surface area contributed by atoms with Crippen molar-refractivity contribution in [1.82, 2.24) is 4.90 Å². The lowest BCUT2D eigenvalue weighted by atomic mass is 10.1. The van der Waals surface area contributed by atoms with Crippen LogP contribution in [-0.2, 0) is 9.59 Å². The second-order valence-electron chi connectivity index (χ2n) is 3.28. The predicted molar refractivity (Wildman–Crippen MR) is 57.5 cm³/mol. The zero-order valence-corrected chi connectivity index (χ0v) is 9.58. The van der Waals surface area contributed by atoms with Crippen LogP contribution in [-0.4, -0.2) is 46.5 Å². The lowest BCUT2D eigenvalue weighted by molar-refractivity contribution is -0.147. The Morgan fingerprint density at radius 3 is 2.43 bits per heavy atom. The molecule has 0 aromatic heterocycles. The van der Waals surface area contributed by atoms with Crippen molar-refractivity contribution in [2.75, 3.05) is 12.0 Å². The van der Waals surface area contributed by atoms with Crippen molar-refractivity contribution < 1.29 is 14.7 Å². The molecule has 0 radical (unpaired) electrons. The maximum atomic E-state index is 10.9. The van der Waals surface area contributed by atoms with E-state index in [-0.39, 0.29) is 6.04 Å². The Kier molecular flexibility index (Phi) is 6.36. The maximum absolute atomic E-state index is 10.9. The van der Waals surface area contributed by atoms with Gasteiger partial charge >= 0.3 is 5.97 Å². The Morgan fingerprint density at radius 2 is 2.14 bits per heavy atom. The minimum Gasteiger partial charge on any atom is -0.480 e. The molecule has 82 valence electrons. The van der Waals surface area contributed by atoms with E-state index >= 15 is 0 Å². The van der Waals surface area contributed by atoms with Crippen LogP contribution in [0.5, 0.6) is 0 Å². The van der Waals surface area contributed by atoms with E-state index in [0.717, 1.165) is 5.75 Å². The molecular formula is C9H17NO3S. The first-order valence-corrected chi connectivity index (χ1v) is 5.88. The summed E-state index contributed by atoms with van der Waals surface area (Å²) in [6.45, 7) is 3.62. The maximum Gasteiger partial charge on any atom is 0.326 e. The quantitative estimate of drug-likeness (QED) is 0.650. The summed E-state index contributed by atoms with van der Waals surface area (Å²) in [6.07, 6.45) is 3.02. The molecule has 0 aliphatic heterocycles. The van der Waals surface area contributed by atoms with Gasteiger partial charge in [-0.1, -0.05) is 0 Å². The summed E-state index contributed by atoms with van der Waals surface area (Å²) in [4.78, 5) is 23.0. The number of aliphatic carboxylic acids is 1. The first-order valence-electron chi connectivity index (χ1n) is 4.49. The van der Waals surface area contributed by atoms with Crippen LogP contribution >= 0.6 is 11.8 Å². The smallest absolute Gasteiger partial charge is 0.326 e. The van der Waals surface area contributed by atoms with E-state index in [9.17, 15) is 9.59 Å². The molecule has 0 aliphatic rings. The highest BCUT2D eigenvalue weighted by atomic mass is 32.2. The molecule has 0 rings (SSSR count). The van der Waals surface area contributed by atoms with Crippen LogP contribution in [0.15, 0.2) is 0 Å². The number of nitrogens with zero attached hydrogens (tertiary/aromatic N) is 1. The molecule has 0 aromatic rings. The van der Waals surface area contributed by atoms with E-state index in [1.165, 1.54) is 4.90 Å². The van der Waals surface area contributed by atoms with Crippen LogP contribution in [0.25, 0.3) is 0 Å². The third-order valence-corrected chi connectivity index (χ3v) is 2.60. The fourth-order valence-electron chi connectivity index (χ4n) is 1.18. The molecule has 0 spiro atoms. The number of carboxylic acids is 1. The van der Waals surface area contributed by atoms with Crippen molar-refractivity contribution in [3.8, 4) is 0 Å². The second-order valence-corrected chi connectivity index (χ2v) is 4.27. The molecule has 1 atom stereocenters. The molecular weight excluding hydrogens is 202 g/mol. The Hall–Kier alpha value is -0.710. The molecule has 14 heavy (non-hydrogen) atoms. The molecule has 0 heterocycles. The second kappa shape index (κ2) is 6.70. The van der Waals surface area contributed by atoms with Gasteiger partial charge in [0.15, 0.2) is 0 Å². The van der Waals surface area contributed by atoms with Crippen molar-refractivity contribution >= 4 is 24.1 Å². The molecule has 4 nitrogen and oxygen atoms in total. The third kappa shape index (κ3) is 4.00. The number of carbonyl (C=O) groups excluding carboxylic acids is 1. The van der Waals surface area contributed by atoms with E-state index in [1.807, 2.05) is 20.1 Å². The summed E-state index contributed by atoms with van der Waals surface area (Å²) in [5.41, 5.74) is 0. The number of carboxylic acid groups (broad SMARTS) is 1. The summed E-state index contributed by atoms with van der Waals surface area (Å²) in [5.74, 6) is -0.187.